The zero-order valence-electron chi connectivity index (χ0n) is 12.5. The molecule has 0 radical (unpaired) electrons. The second kappa shape index (κ2) is 8.35. The lowest BCUT2D eigenvalue weighted by Crippen LogP contribution is -2.31. The zero-order chi connectivity index (χ0) is 15.0. The quantitative estimate of drug-likeness (QED) is 0.581. The molecule has 1 rings (SSSR count). The standard InChI is InChI=1S/C12H25N5O2S/c1-4-13-6-5-8-17-11-12(10-14-17)20(18,19)15-7-9-16(2)3/h10-11,13,15H,4-9H2,1-3H3. The van der Waals surface area contributed by atoms with Gasteiger partial charge in [0, 0.05) is 25.8 Å². The van der Waals surface area contributed by atoms with Crippen LogP contribution in [-0.4, -0.2) is 63.4 Å². The molecule has 1 aromatic rings. The Bertz CT molecular complexity index is 484. The maximum Gasteiger partial charge on any atom is 0.243 e. The highest BCUT2D eigenvalue weighted by Crippen LogP contribution is 2.06. The van der Waals surface area contributed by atoms with E-state index in [1.165, 1.54) is 6.20 Å². The number of sulfonamides is 1. The number of nitrogens with zero attached hydrogens (tertiary/aromatic N) is 3. The van der Waals surface area contributed by atoms with Crippen LogP contribution in [0.2, 0.25) is 0 Å². The molecule has 0 amide bonds. The first-order valence-corrected chi connectivity index (χ1v) is 8.31. The van der Waals surface area contributed by atoms with Crippen LogP contribution in [0.15, 0.2) is 17.3 Å². The first-order chi connectivity index (χ1) is 9.45. The van der Waals surface area contributed by atoms with E-state index in [1.54, 1.807) is 10.9 Å². The largest absolute Gasteiger partial charge is 0.317 e. The Morgan fingerprint density at radius 2 is 2.10 bits per heavy atom. The van der Waals surface area contributed by atoms with Gasteiger partial charge in [-0.2, -0.15) is 5.10 Å². The second-order valence-electron chi connectivity index (χ2n) is 4.85. The normalized spacial score (nSPS) is 12.2. The molecule has 0 unspecified atom stereocenters. The van der Waals surface area contributed by atoms with E-state index in [9.17, 15) is 8.42 Å². The summed E-state index contributed by atoms with van der Waals surface area (Å²) in [6.45, 7) is 5.66. The minimum Gasteiger partial charge on any atom is -0.317 e. The fraction of sp³-hybridized carbons (Fsp3) is 0.750. The van der Waals surface area contributed by atoms with Crippen LogP contribution in [-0.2, 0) is 16.6 Å². The van der Waals surface area contributed by atoms with Gasteiger partial charge in [-0.1, -0.05) is 6.92 Å². The van der Waals surface area contributed by atoms with E-state index >= 15 is 0 Å². The Hall–Kier alpha value is -0.960. The van der Waals surface area contributed by atoms with Gasteiger partial charge in [-0.05, 0) is 33.6 Å². The van der Waals surface area contributed by atoms with Crippen LogP contribution >= 0.6 is 0 Å². The third kappa shape index (κ3) is 6.00. The molecule has 0 saturated carbocycles. The predicted octanol–water partition coefficient (Wildman–Crippen LogP) is -0.277. The highest BCUT2D eigenvalue weighted by molar-refractivity contribution is 7.89. The van der Waals surface area contributed by atoms with Crippen molar-refractivity contribution in [2.75, 3.05) is 40.3 Å². The summed E-state index contributed by atoms with van der Waals surface area (Å²) in [5.74, 6) is 0. The molecule has 0 saturated heterocycles. The summed E-state index contributed by atoms with van der Waals surface area (Å²) in [7, 11) is 0.353. The second-order valence-corrected chi connectivity index (χ2v) is 6.61. The molecule has 0 fully saturated rings. The number of nitrogens with one attached hydrogen (secondary N) is 2. The van der Waals surface area contributed by atoms with Gasteiger partial charge in [0.25, 0.3) is 0 Å². The lowest BCUT2D eigenvalue weighted by atomic mass is 10.4. The number of aromatic nitrogens is 2. The van der Waals surface area contributed by atoms with Crippen LogP contribution < -0.4 is 10.0 Å². The van der Waals surface area contributed by atoms with Crippen molar-refractivity contribution in [1.82, 2.24) is 24.7 Å². The van der Waals surface area contributed by atoms with Gasteiger partial charge in [-0.25, -0.2) is 13.1 Å². The van der Waals surface area contributed by atoms with E-state index in [2.05, 4.69) is 22.1 Å². The average molecular weight is 303 g/mol. The monoisotopic (exact) mass is 303 g/mol. The number of hydrogen-bond donors (Lipinski definition) is 2. The molecule has 0 bridgehead atoms. The van der Waals surface area contributed by atoms with Gasteiger partial charge < -0.3 is 10.2 Å². The maximum atomic E-state index is 12.0. The highest BCUT2D eigenvalue weighted by Gasteiger charge is 2.15. The molecule has 0 spiro atoms. The lowest BCUT2D eigenvalue weighted by molar-refractivity contribution is 0.412. The summed E-state index contributed by atoms with van der Waals surface area (Å²) >= 11 is 0. The molecule has 8 heteroatoms. The van der Waals surface area contributed by atoms with Gasteiger partial charge in [0.15, 0.2) is 0 Å². The van der Waals surface area contributed by atoms with Crippen molar-refractivity contribution in [1.29, 1.82) is 0 Å². The predicted molar refractivity (Wildman–Crippen MR) is 79.1 cm³/mol. The summed E-state index contributed by atoms with van der Waals surface area (Å²) in [6.07, 6.45) is 3.89. The molecular weight excluding hydrogens is 278 g/mol. The molecule has 20 heavy (non-hydrogen) atoms. The molecular formula is C12H25N5O2S. The SMILES string of the molecule is CCNCCCn1cc(S(=O)(=O)NCCN(C)C)cn1. The molecule has 2 N–H and O–H groups in total. The van der Waals surface area contributed by atoms with Crippen molar-refractivity contribution >= 4 is 10.0 Å². The molecule has 0 atom stereocenters. The van der Waals surface area contributed by atoms with Crippen LogP contribution in [0.3, 0.4) is 0 Å². The molecule has 7 nitrogen and oxygen atoms in total. The van der Waals surface area contributed by atoms with Gasteiger partial charge in [0.1, 0.15) is 4.90 Å². The number of hydrogen-bond acceptors (Lipinski definition) is 5. The maximum absolute atomic E-state index is 12.0. The number of aryl methyl sites for hydroxylation is 1. The fourth-order valence-corrected chi connectivity index (χ4v) is 2.61. The van der Waals surface area contributed by atoms with Gasteiger partial charge in [-0.15, -0.1) is 0 Å². The van der Waals surface area contributed by atoms with Crippen LogP contribution in [0.4, 0.5) is 0 Å². The molecule has 1 aromatic heterocycles. The minimum atomic E-state index is -3.45. The molecule has 0 aromatic carbocycles. The molecule has 116 valence electrons. The van der Waals surface area contributed by atoms with Gasteiger partial charge in [0.2, 0.25) is 10.0 Å². The van der Waals surface area contributed by atoms with Crippen molar-refractivity contribution in [3.8, 4) is 0 Å². The van der Waals surface area contributed by atoms with Crippen molar-refractivity contribution in [2.45, 2.75) is 24.8 Å². The Balaban J connectivity index is 2.48. The van der Waals surface area contributed by atoms with E-state index in [-0.39, 0.29) is 4.90 Å². The summed E-state index contributed by atoms with van der Waals surface area (Å²) in [4.78, 5) is 2.15. The average Bonchev–Trinajstić information content (AvgIpc) is 2.83. The zero-order valence-corrected chi connectivity index (χ0v) is 13.3. The van der Waals surface area contributed by atoms with Crippen molar-refractivity contribution in [3.05, 3.63) is 12.4 Å². The number of rotatable bonds is 10. The van der Waals surface area contributed by atoms with Gasteiger partial charge in [0.05, 0.1) is 6.20 Å². The molecule has 0 aliphatic heterocycles. The summed E-state index contributed by atoms with van der Waals surface area (Å²) in [6, 6.07) is 0. The van der Waals surface area contributed by atoms with Crippen molar-refractivity contribution in [3.63, 3.8) is 0 Å². The first-order valence-electron chi connectivity index (χ1n) is 6.83. The van der Waals surface area contributed by atoms with Crippen LogP contribution in [0.5, 0.6) is 0 Å². The molecule has 0 aliphatic carbocycles. The van der Waals surface area contributed by atoms with Crippen molar-refractivity contribution in [2.24, 2.45) is 0 Å². The highest BCUT2D eigenvalue weighted by atomic mass is 32.2. The van der Waals surface area contributed by atoms with Crippen LogP contribution in [0.25, 0.3) is 0 Å². The summed E-state index contributed by atoms with van der Waals surface area (Å²) in [5.41, 5.74) is 0. The lowest BCUT2D eigenvalue weighted by Gasteiger charge is -2.09. The smallest absolute Gasteiger partial charge is 0.243 e. The van der Waals surface area contributed by atoms with Crippen LogP contribution in [0.1, 0.15) is 13.3 Å². The molecule has 0 aliphatic rings. The fourth-order valence-electron chi connectivity index (χ4n) is 1.64. The topological polar surface area (TPSA) is 79.3 Å². The van der Waals surface area contributed by atoms with E-state index in [4.69, 9.17) is 0 Å². The Kier molecular flexibility index (Phi) is 7.14. The van der Waals surface area contributed by atoms with Crippen molar-refractivity contribution < 1.29 is 8.42 Å². The Morgan fingerprint density at radius 3 is 2.75 bits per heavy atom. The molecule has 1 heterocycles. The van der Waals surface area contributed by atoms with Gasteiger partial charge >= 0.3 is 0 Å². The minimum absolute atomic E-state index is 0.222. The van der Waals surface area contributed by atoms with Gasteiger partial charge in [-0.3, -0.25) is 4.68 Å². The summed E-state index contributed by atoms with van der Waals surface area (Å²) in [5, 5.41) is 7.30. The third-order valence-electron chi connectivity index (χ3n) is 2.76. The first kappa shape index (κ1) is 17.1. The Labute approximate surface area is 121 Å². The summed E-state index contributed by atoms with van der Waals surface area (Å²) < 4.78 is 28.2. The number of likely N-dealkylation sites (N-methyl/N-ethyl adjacent to an activating group) is 1. The van der Waals surface area contributed by atoms with E-state index in [0.717, 1.165) is 19.5 Å². The van der Waals surface area contributed by atoms with Crippen LogP contribution in [0, 0.1) is 0 Å². The third-order valence-corrected chi connectivity index (χ3v) is 4.18. The Morgan fingerprint density at radius 1 is 1.35 bits per heavy atom. The van der Waals surface area contributed by atoms with E-state index < -0.39 is 10.0 Å². The van der Waals surface area contributed by atoms with E-state index in [0.29, 0.717) is 19.6 Å². The van der Waals surface area contributed by atoms with E-state index in [1.807, 2.05) is 19.0 Å².